The second kappa shape index (κ2) is 3.19. The monoisotopic (exact) mass is 265 g/mol. The van der Waals surface area contributed by atoms with Gasteiger partial charge in [-0.3, -0.25) is 0 Å². The Morgan fingerprint density at radius 3 is 3.16 bits per heavy atom. The molecule has 0 fully saturated rings. The molecule has 0 amide bonds. The van der Waals surface area contributed by atoms with E-state index < -0.39 is 0 Å². The molecule has 0 radical (unpaired) electrons. The molecule has 1 aliphatic heterocycles. The van der Waals surface area contributed by atoms with Crippen LogP contribution in [0.3, 0.4) is 0 Å². The Hall–Kier alpha value is -2.27. The van der Waals surface area contributed by atoms with E-state index in [0.29, 0.717) is 0 Å². The van der Waals surface area contributed by atoms with Gasteiger partial charge >= 0.3 is 5.65 Å². The van der Waals surface area contributed by atoms with Gasteiger partial charge < -0.3 is 0 Å². The van der Waals surface area contributed by atoms with Gasteiger partial charge in [0.2, 0.25) is 10.5 Å². The van der Waals surface area contributed by atoms with Crippen molar-refractivity contribution < 1.29 is 4.57 Å². The van der Waals surface area contributed by atoms with Gasteiger partial charge in [0.15, 0.2) is 11.3 Å². The fourth-order valence-corrected chi connectivity index (χ4v) is 4.00. The summed E-state index contributed by atoms with van der Waals surface area (Å²) in [5.74, 6) is 0. The lowest BCUT2D eigenvalue weighted by molar-refractivity contribution is -0.644. The minimum Gasteiger partial charge on any atom is -0.224 e. The standard InChI is InChI=1S/C14H9N4S/c1-2-4-10-9(3-1)7-17-13-12(19-14(10)17)16-11-5-6-15-8-18(11)13/h1-6,8H,7H2/q+1. The van der Waals surface area contributed by atoms with Crippen LogP contribution in [-0.2, 0) is 6.54 Å². The van der Waals surface area contributed by atoms with Crippen LogP contribution in [-0.4, -0.2) is 14.4 Å². The van der Waals surface area contributed by atoms with Gasteiger partial charge in [0.1, 0.15) is 6.54 Å². The number of nitrogens with zero attached hydrogens (tertiary/aromatic N) is 4. The van der Waals surface area contributed by atoms with Crippen LogP contribution in [0.1, 0.15) is 5.56 Å². The molecular weight excluding hydrogens is 256 g/mol. The van der Waals surface area contributed by atoms with Crippen molar-refractivity contribution in [3.8, 4) is 10.6 Å². The highest BCUT2D eigenvalue weighted by atomic mass is 32.1. The van der Waals surface area contributed by atoms with E-state index in [1.165, 1.54) is 16.1 Å². The predicted octanol–water partition coefficient (Wildman–Crippen LogP) is 2.26. The molecule has 0 unspecified atom stereocenters. The smallest absolute Gasteiger partial charge is 0.224 e. The number of aromatic nitrogens is 4. The Morgan fingerprint density at radius 2 is 2.16 bits per heavy atom. The molecule has 1 aliphatic rings. The number of hydrogen-bond donors (Lipinski definition) is 0. The molecule has 0 atom stereocenters. The van der Waals surface area contributed by atoms with E-state index in [-0.39, 0.29) is 0 Å². The predicted molar refractivity (Wildman–Crippen MR) is 73.1 cm³/mol. The summed E-state index contributed by atoms with van der Waals surface area (Å²) in [6.07, 6.45) is 3.62. The Morgan fingerprint density at radius 1 is 1.21 bits per heavy atom. The van der Waals surface area contributed by atoms with E-state index in [2.05, 4.69) is 43.2 Å². The third-order valence-corrected chi connectivity index (χ3v) is 4.75. The van der Waals surface area contributed by atoms with Gasteiger partial charge in [-0.1, -0.05) is 29.5 Å². The molecular formula is C14H9N4S+. The van der Waals surface area contributed by atoms with Crippen molar-refractivity contribution in [3.05, 3.63) is 48.4 Å². The van der Waals surface area contributed by atoms with Crippen molar-refractivity contribution in [1.82, 2.24) is 14.4 Å². The van der Waals surface area contributed by atoms with Crippen LogP contribution >= 0.6 is 11.3 Å². The van der Waals surface area contributed by atoms with E-state index in [4.69, 9.17) is 0 Å². The number of hydrogen-bond acceptors (Lipinski definition) is 3. The number of imidazole rings is 1. The third-order valence-electron chi connectivity index (χ3n) is 3.64. The summed E-state index contributed by atoms with van der Waals surface area (Å²) in [5, 5.41) is 1.30. The zero-order chi connectivity index (χ0) is 12.4. The lowest BCUT2D eigenvalue weighted by Crippen LogP contribution is -2.31. The van der Waals surface area contributed by atoms with Crippen molar-refractivity contribution in [2.75, 3.05) is 0 Å². The molecule has 5 rings (SSSR count). The molecule has 1 aromatic carbocycles. The molecule has 4 aromatic rings. The molecule has 0 saturated carbocycles. The molecule has 90 valence electrons. The topological polar surface area (TPSA) is 34.1 Å². The van der Waals surface area contributed by atoms with Crippen LogP contribution < -0.4 is 4.57 Å². The second-order valence-electron chi connectivity index (χ2n) is 4.70. The van der Waals surface area contributed by atoms with E-state index in [1.54, 1.807) is 17.5 Å². The molecule has 3 aromatic heterocycles. The lowest BCUT2D eigenvalue weighted by atomic mass is 10.1. The molecule has 19 heavy (non-hydrogen) atoms. The summed E-state index contributed by atoms with van der Waals surface area (Å²) >= 11 is 1.76. The highest BCUT2D eigenvalue weighted by molar-refractivity contribution is 7.20. The van der Waals surface area contributed by atoms with E-state index in [9.17, 15) is 0 Å². The molecule has 4 heterocycles. The van der Waals surface area contributed by atoms with Crippen LogP contribution in [0.25, 0.3) is 26.7 Å². The Bertz CT molecular complexity index is 951. The van der Waals surface area contributed by atoms with Crippen LogP contribution in [0, 0.1) is 0 Å². The van der Waals surface area contributed by atoms with E-state index >= 15 is 0 Å². The maximum absolute atomic E-state index is 4.67. The summed E-state index contributed by atoms with van der Waals surface area (Å²) in [6, 6.07) is 10.5. The SMILES string of the molecule is c1ccc2c(c1)C[n+]1c-2sc2nc3ccncn3c21. The average Bonchev–Trinajstić information content (AvgIpc) is 3.05. The first kappa shape index (κ1) is 9.63. The first-order chi connectivity index (χ1) is 9.42. The fraction of sp³-hybridized carbons (Fsp3) is 0.0714. The van der Waals surface area contributed by atoms with Crippen LogP contribution in [0.5, 0.6) is 0 Å². The Kier molecular flexibility index (Phi) is 1.62. The van der Waals surface area contributed by atoms with Crippen LogP contribution in [0.15, 0.2) is 42.9 Å². The number of fused-ring (bicyclic) bond motifs is 7. The zero-order valence-electron chi connectivity index (χ0n) is 9.95. The molecule has 4 nitrogen and oxygen atoms in total. The Labute approximate surface area is 112 Å². The van der Waals surface area contributed by atoms with Crippen molar-refractivity contribution in [3.63, 3.8) is 0 Å². The maximum atomic E-state index is 4.67. The molecule has 0 aliphatic carbocycles. The number of rotatable bonds is 0. The van der Waals surface area contributed by atoms with Crippen molar-refractivity contribution >= 4 is 27.5 Å². The van der Waals surface area contributed by atoms with Gasteiger partial charge in [-0.05, 0) is 6.07 Å². The first-order valence-corrected chi connectivity index (χ1v) is 6.96. The molecule has 0 saturated heterocycles. The van der Waals surface area contributed by atoms with E-state index in [1.807, 2.05) is 12.4 Å². The minimum atomic E-state index is 0.925. The number of benzene rings is 1. The van der Waals surface area contributed by atoms with Gasteiger partial charge in [0.25, 0.3) is 0 Å². The van der Waals surface area contributed by atoms with E-state index in [0.717, 1.165) is 22.7 Å². The van der Waals surface area contributed by atoms with Crippen molar-refractivity contribution in [1.29, 1.82) is 0 Å². The Balaban J connectivity index is 1.94. The van der Waals surface area contributed by atoms with Crippen LogP contribution in [0.4, 0.5) is 0 Å². The highest BCUT2D eigenvalue weighted by Crippen LogP contribution is 2.35. The average molecular weight is 265 g/mol. The van der Waals surface area contributed by atoms with Gasteiger partial charge in [-0.2, -0.15) is 9.38 Å². The molecule has 0 bridgehead atoms. The lowest BCUT2D eigenvalue weighted by Gasteiger charge is -1.91. The summed E-state index contributed by atoms with van der Waals surface area (Å²) in [6.45, 7) is 0.925. The first-order valence-electron chi connectivity index (χ1n) is 6.14. The minimum absolute atomic E-state index is 0.925. The van der Waals surface area contributed by atoms with Crippen molar-refractivity contribution in [2.45, 2.75) is 6.54 Å². The van der Waals surface area contributed by atoms with Gasteiger partial charge in [0, 0.05) is 23.4 Å². The summed E-state index contributed by atoms with van der Waals surface area (Å²) < 4.78 is 4.41. The molecule has 0 spiro atoms. The quantitative estimate of drug-likeness (QED) is 0.402. The summed E-state index contributed by atoms with van der Waals surface area (Å²) in [4.78, 5) is 9.96. The third kappa shape index (κ3) is 1.11. The normalized spacial score (nSPS) is 13.1. The second-order valence-corrected chi connectivity index (χ2v) is 5.68. The molecule has 0 N–H and O–H groups in total. The summed E-state index contributed by atoms with van der Waals surface area (Å²) in [7, 11) is 0. The van der Waals surface area contributed by atoms with Gasteiger partial charge in [0.05, 0.1) is 0 Å². The van der Waals surface area contributed by atoms with Crippen molar-refractivity contribution in [2.24, 2.45) is 0 Å². The number of thiazole rings is 1. The van der Waals surface area contributed by atoms with Gasteiger partial charge in [-0.25, -0.2) is 9.55 Å². The van der Waals surface area contributed by atoms with Gasteiger partial charge in [-0.15, -0.1) is 0 Å². The zero-order valence-corrected chi connectivity index (χ0v) is 10.8. The molecule has 5 heteroatoms. The maximum Gasteiger partial charge on any atom is 0.327 e. The fourth-order valence-electron chi connectivity index (χ4n) is 2.81. The van der Waals surface area contributed by atoms with Crippen LogP contribution in [0.2, 0.25) is 0 Å². The summed E-state index contributed by atoms with van der Waals surface area (Å²) in [5.41, 5.74) is 4.83. The highest BCUT2D eigenvalue weighted by Gasteiger charge is 2.31. The largest absolute Gasteiger partial charge is 0.327 e.